The summed E-state index contributed by atoms with van der Waals surface area (Å²) in [5.74, 6) is -3.53. The second-order valence-corrected chi connectivity index (χ2v) is 4.41. The van der Waals surface area contributed by atoms with Gasteiger partial charge in [-0.15, -0.1) is 0 Å². The van der Waals surface area contributed by atoms with Crippen LogP contribution in [0.1, 0.15) is 10.6 Å². The Morgan fingerprint density at radius 1 is 1.39 bits per heavy atom. The first-order chi connectivity index (χ1) is 11.0. The SMILES string of the molecule is O=C(O)c1oc2ccncc2c1Oc1ccc([N+](=O)[O-])cc1F. The van der Waals surface area contributed by atoms with Crippen molar-refractivity contribution in [3.8, 4) is 11.5 Å². The molecule has 0 radical (unpaired) electrons. The van der Waals surface area contributed by atoms with E-state index in [1.54, 1.807) is 0 Å². The number of ether oxygens (including phenoxy) is 1. The molecule has 0 saturated heterocycles. The number of carbonyl (C=O) groups is 1. The van der Waals surface area contributed by atoms with Gasteiger partial charge in [-0.25, -0.2) is 9.18 Å². The number of nitro benzene ring substituents is 1. The molecule has 9 heteroatoms. The average Bonchev–Trinajstić information content (AvgIpc) is 2.88. The normalized spacial score (nSPS) is 10.7. The minimum atomic E-state index is -1.40. The van der Waals surface area contributed by atoms with Crippen LogP contribution in [0, 0.1) is 15.9 Å². The third kappa shape index (κ3) is 2.55. The minimum Gasteiger partial charge on any atom is -0.475 e. The lowest BCUT2D eigenvalue weighted by Gasteiger charge is -2.05. The number of aromatic carboxylic acids is 1. The highest BCUT2D eigenvalue weighted by molar-refractivity contribution is 5.97. The summed E-state index contributed by atoms with van der Waals surface area (Å²) in [7, 11) is 0. The van der Waals surface area contributed by atoms with Gasteiger partial charge in [-0.05, 0) is 12.1 Å². The van der Waals surface area contributed by atoms with Crippen LogP contribution in [0.5, 0.6) is 11.5 Å². The summed E-state index contributed by atoms with van der Waals surface area (Å²) in [6, 6.07) is 4.19. The van der Waals surface area contributed by atoms with Crippen molar-refractivity contribution < 1.29 is 28.4 Å². The zero-order valence-corrected chi connectivity index (χ0v) is 11.2. The molecule has 2 aromatic heterocycles. The molecule has 2 heterocycles. The number of non-ortho nitro benzene ring substituents is 1. The molecule has 116 valence electrons. The maximum atomic E-state index is 13.9. The summed E-state index contributed by atoms with van der Waals surface area (Å²) >= 11 is 0. The van der Waals surface area contributed by atoms with Crippen molar-refractivity contribution >= 4 is 22.6 Å². The Morgan fingerprint density at radius 2 is 2.17 bits per heavy atom. The maximum Gasteiger partial charge on any atom is 0.375 e. The Labute approximate surface area is 126 Å². The lowest BCUT2D eigenvalue weighted by Crippen LogP contribution is -1.98. The van der Waals surface area contributed by atoms with Gasteiger partial charge in [0, 0.05) is 18.5 Å². The molecule has 3 aromatic rings. The van der Waals surface area contributed by atoms with E-state index in [1.807, 2.05) is 0 Å². The van der Waals surface area contributed by atoms with E-state index in [0.29, 0.717) is 6.07 Å². The largest absolute Gasteiger partial charge is 0.475 e. The number of rotatable bonds is 4. The molecular formula is C14H7FN2O6. The van der Waals surface area contributed by atoms with Crippen molar-refractivity contribution in [1.82, 2.24) is 4.98 Å². The molecule has 0 amide bonds. The fraction of sp³-hybridized carbons (Fsp3) is 0. The van der Waals surface area contributed by atoms with E-state index < -0.39 is 28.2 Å². The van der Waals surface area contributed by atoms with Crippen molar-refractivity contribution in [2.45, 2.75) is 0 Å². The topological polar surface area (TPSA) is 116 Å². The molecule has 23 heavy (non-hydrogen) atoms. The number of pyridine rings is 1. The van der Waals surface area contributed by atoms with E-state index in [9.17, 15) is 19.3 Å². The first-order valence-electron chi connectivity index (χ1n) is 6.19. The number of carboxylic acids is 1. The van der Waals surface area contributed by atoms with Gasteiger partial charge in [0.05, 0.1) is 16.4 Å². The number of benzene rings is 1. The van der Waals surface area contributed by atoms with Gasteiger partial charge in [0.2, 0.25) is 0 Å². The Hall–Kier alpha value is -3.49. The number of fused-ring (bicyclic) bond motifs is 1. The first-order valence-corrected chi connectivity index (χ1v) is 6.19. The van der Waals surface area contributed by atoms with Gasteiger partial charge in [-0.2, -0.15) is 0 Å². The summed E-state index contributed by atoms with van der Waals surface area (Å²) in [6.45, 7) is 0. The number of aromatic nitrogens is 1. The number of nitro groups is 1. The summed E-state index contributed by atoms with van der Waals surface area (Å²) < 4.78 is 24.3. The first kappa shape index (κ1) is 14.4. The second kappa shape index (κ2) is 5.37. The summed E-state index contributed by atoms with van der Waals surface area (Å²) in [4.78, 5) is 24.9. The van der Waals surface area contributed by atoms with Crippen LogP contribution in [0.4, 0.5) is 10.1 Å². The van der Waals surface area contributed by atoms with E-state index >= 15 is 0 Å². The van der Waals surface area contributed by atoms with Crippen LogP contribution in [0.3, 0.4) is 0 Å². The summed E-state index contributed by atoms with van der Waals surface area (Å²) in [6.07, 6.45) is 2.71. The predicted molar refractivity (Wildman–Crippen MR) is 74.1 cm³/mol. The molecule has 0 fully saturated rings. The molecule has 0 atom stereocenters. The molecule has 8 nitrogen and oxygen atoms in total. The number of furan rings is 1. The molecule has 0 aliphatic carbocycles. The summed E-state index contributed by atoms with van der Waals surface area (Å²) in [5, 5.41) is 20.0. The van der Waals surface area contributed by atoms with Crippen LogP contribution in [0.2, 0.25) is 0 Å². The van der Waals surface area contributed by atoms with Crippen molar-refractivity contribution in [3.05, 3.63) is 58.4 Å². The second-order valence-electron chi connectivity index (χ2n) is 4.41. The standard InChI is InChI=1S/C14H7FN2O6/c15-9-5-7(17(20)21)1-2-11(9)23-12-8-6-16-4-3-10(8)22-13(12)14(18)19/h1-6H,(H,18,19). The number of halogens is 1. The van der Waals surface area contributed by atoms with Crippen molar-refractivity contribution in [3.63, 3.8) is 0 Å². The maximum absolute atomic E-state index is 13.9. The van der Waals surface area contributed by atoms with Crippen LogP contribution in [-0.2, 0) is 0 Å². The molecular weight excluding hydrogens is 311 g/mol. The van der Waals surface area contributed by atoms with E-state index in [2.05, 4.69) is 4.98 Å². The number of carboxylic acid groups (broad SMARTS) is 1. The van der Waals surface area contributed by atoms with E-state index in [-0.39, 0.29) is 22.5 Å². The van der Waals surface area contributed by atoms with Gasteiger partial charge in [-0.3, -0.25) is 15.1 Å². The van der Waals surface area contributed by atoms with Gasteiger partial charge in [0.15, 0.2) is 17.3 Å². The monoisotopic (exact) mass is 318 g/mol. The van der Waals surface area contributed by atoms with Gasteiger partial charge in [-0.1, -0.05) is 0 Å². The van der Waals surface area contributed by atoms with E-state index in [1.165, 1.54) is 18.5 Å². The van der Waals surface area contributed by atoms with E-state index in [0.717, 1.165) is 12.1 Å². The predicted octanol–water partition coefficient (Wildman–Crippen LogP) is 3.37. The van der Waals surface area contributed by atoms with E-state index in [4.69, 9.17) is 14.3 Å². The Balaban J connectivity index is 2.09. The lowest BCUT2D eigenvalue weighted by molar-refractivity contribution is -0.385. The van der Waals surface area contributed by atoms with Crippen LogP contribution in [0.15, 0.2) is 41.1 Å². The molecule has 0 spiro atoms. The lowest BCUT2D eigenvalue weighted by atomic mass is 10.2. The highest BCUT2D eigenvalue weighted by Crippen LogP contribution is 2.37. The van der Waals surface area contributed by atoms with Crippen molar-refractivity contribution in [2.24, 2.45) is 0 Å². The Kier molecular flexibility index (Phi) is 3.37. The zero-order chi connectivity index (χ0) is 16.6. The molecule has 3 rings (SSSR count). The number of hydrogen-bond acceptors (Lipinski definition) is 6. The van der Waals surface area contributed by atoms with Gasteiger partial charge >= 0.3 is 5.97 Å². The fourth-order valence-electron chi connectivity index (χ4n) is 1.96. The number of nitrogens with zero attached hydrogens (tertiary/aromatic N) is 2. The number of hydrogen-bond donors (Lipinski definition) is 1. The molecule has 0 unspecified atom stereocenters. The molecule has 1 N–H and O–H groups in total. The van der Waals surface area contributed by atoms with Gasteiger partial charge in [0.1, 0.15) is 5.58 Å². The molecule has 0 aliphatic heterocycles. The Bertz CT molecular complexity index is 936. The minimum absolute atomic E-state index is 0.203. The average molecular weight is 318 g/mol. The highest BCUT2D eigenvalue weighted by atomic mass is 19.1. The zero-order valence-electron chi connectivity index (χ0n) is 11.2. The van der Waals surface area contributed by atoms with Crippen molar-refractivity contribution in [2.75, 3.05) is 0 Å². The molecule has 0 bridgehead atoms. The van der Waals surface area contributed by atoms with Crippen LogP contribution in [0.25, 0.3) is 11.0 Å². The third-order valence-electron chi connectivity index (χ3n) is 2.98. The fourth-order valence-corrected chi connectivity index (χ4v) is 1.96. The van der Waals surface area contributed by atoms with Gasteiger partial charge < -0.3 is 14.3 Å². The molecule has 0 aliphatic rings. The van der Waals surface area contributed by atoms with Crippen LogP contribution < -0.4 is 4.74 Å². The van der Waals surface area contributed by atoms with Crippen LogP contribution >= 0.6 is 0 Å². The van der Waals surface area contributed by atoms with Gasteiger partial charge in [0.25, 0.3) is 11.4 Å². The highest BCUT2D eigenvalue weighted by Gasteiger charge is 2.24. The smallest absolute Gasteiger partial charge is 0.375 e. The molecule has 1 aromatic carbocycles. The molecule has 0 saturated carbocycles. The van der Waals surface area contributed by atoms with Crippen LogP contribution in [-0.4, -0.2) is 21.0 Å². The summed E-state index contributed by atoms with van der Waals surface area (Å²) in [5.41, 5.74) is -0.248. The van der Waals surface area contributed by atoms with Crippen molar-refractivity contribution in [1.29, 1.82) is 0 Å². The Morgan fingerprint density at radius 3 is 2.83 bits per heavy atom. The quantitative estimate of drug-likeness (QED) is 0.579. The third-order valence-corrected chi connectivity index (χ3v) is 2.98.